The predicted molar refractivity (Wildman–Crippen MR) is 84.8 cm³/mol. The highest BCUT2D eigenvalue weighted by Crippen LogP contribution is 2.42. The molecule has 1 heterocycles. The summed E-state index contributed by atoms with van der Waals surface area (Å²) in [4.78, 5) is 0. The SMILES string of the molecule is CCCNC(CC1(OC)CCC1)c1c(Br)cnn1CC. The van der Waals surface area contributed by atoms with Gasteiger partial charge in [0.15, 0.2) is 0 Å². The lowest BCUT2D eigenvalue weighted by molar-refractivity contribution is -0.0842. The van der Waals surface area contributed by atoms with Crippen LogP contribution in [0.3, 0.4) is 0 Å². The van der Waals surface area contributed by atoms with E-state index >= 15 is 0 Å². The minimum Gasteiger partial charge on any atom is -0.378 e. The molecule has 1 saturated carbocycles. The zero-order valence-corrected chi connectivity index (χ0v) is 14.4. The van der Waals surface area contributed by atoms with Crippen LogP contribution in [0.5, 0.6) is 0 Å². The Hall–Kier alpha value is -0.390. The maximum absolute atomic E-state index is 5.81. The van der Waals surface area contributed by atoms with Crippen molar-refractivity contribution in [2.24, 2.45) is 0 Å². The van der Waals surface area contributed by atoms with Crippen LogP contribution in [-0.2, 0) is 11.3 Å². The number of nitrogens with one attached hydrogen (secondary N) is 1. The fourth-order valence-corrected chi connectivity index (χ4v) is 3.56. The summed E-state index contributed by atoms with van der Waals surface area (Å²) in [7, 11) is 1.85. The van der Waals surface area contributed by atoms with Crippen LogP contribution in [0, 0.1) is 0 Å². The van der Waals surface area contributed by atoms with Crippen LogP contribution >= 0.6 is 15.9 Å². The van der Waals surface area contributed by atoms with E-state index < -0.39 is 0 Å². The van der Waals surface area contributed by atoms with Gasteiger partial charge in [-0.3, -0.25) is 4.68 Å². The second kappa shape index (κ2) is 7.05. The van der Waals surface area contributed by atoms with E-state index in [4.69, 9.17) is 4.74 Å². The lowest BCUT2D eigenvalue weighted by atomic mass is 9.75. The van der Waals surface area contributed by atoms with Gasteiger partial charge in [0.05, 0.1) is 28.0 Å². The Balaban J connectivity index is 2.20. The molecule has 0 amide bonds. The average molecular weight is 344 g/mol. The lowest BCUT2D eigenvalue weighted by Crippen LogP contribution is -2.43. The Kier molecular flexibility index (Phi) is 5.64. The van der Waals surface area contributed by atoms with Crippen LogP contribution in [-0.4, -0.2) is 29.0 Å². The largest absolute Gasteiger partial charge is 0.378 e. The first-order valence-corrected chi connectivity index (χ1v) is 8.45. The summed E-state index contributed by atoms with van der Waals surface area (Å²) in [5.74, 6) is 0. The summed E-state index contributed by atoms with van der Waals surface area (Å²) >= 11 is 3.66. The summed E-state index contributed by atoms with van der Waals surface area (Å²) < 4.78 is 8.99. The second-order valence-corrected chi connectivity index (χ2v) is 6.50. The number of aromatic nitrogens is 2. The molecule has 114 valence electrons. The van der Waals surface area contributed by atoms with Crippen molar-refractivity contribution in [3.05, 3.63) is 16.4 Å². The van der Waals surface area contributed by atoms with Crippen LogP contribution in [0.2, 0.25) is 0 Å². The van der Waals surface area contributed by atoms with E-state index in [1.165, 1.54) is 25.0 Å². The molecule has 0 aromatic carbocycles. The van der Waals surface area contributed by atoms with Gasteiger partial charge in [-0.25, -0.2) is 0 Å². The fourth-order valence-electron chi connectivity index (χ4n) is 2.99. The quantitative estimate of drug-likeness (QED) is 0.782. The monoisotopic (exact) mass is 343 g/mol. The highest BCUT2D eigenvalue weighted by molar-refractivity contribution is 9.10. The first-order valence-electron chi connectivity index (χ1n) is 7.65. The van der Waals surface area contributed by atoms with Gasteiger partial charge in [-0.1, -0.05) is 6.92 Å². The summed E-state index contributed by atoms with van der Waals surface area (Å²) in [6.07, 6.45) is 7.68. The van der Waals surface area contributed by atoms with Gasteiger partial charge in [-0.15, -0.1) is 0 Å². The molecule has 0 aliphatic heterocycles. The maximum atomic E-state index is 5.81. The number of hydrogen-bond donors (Lipinski definition) is 1. The third-order valence-corrected chi connectivity index (χ3v) is 4.99. The molecule has 1 aromatic rings. The molecule has 20 heavy (non-hydrogen) atoms. The molecule has 1 unspecified atom stereocenters. The molecule has 0 bridgehead atoms. The molecule has 1 aliphatic rings. The number of hydrogen-bond acceptors (Lipinski definition) is 3. The third-order valence-electron chi connectivity index (χ3n) is 4.38. The Morgan fingerprint density at radius 2 is 2.25 bits per heavy atom. The first kappa shape index (κ1) is 16.0. The maximum Gasteiger partial charge on any atom is 0.0697 e. The van der Waals surface area contributed by atoms with Gasteiger partial charge in [0.1, 0.15) is 0 Å². The number of nitrogens with zero attached hydrogens (tertiary/aromatic N) is 2. The van der Waals surface area contributed by atoms with Gasteiger partial charge in [0.2, 0.25) is 0 Å². The Labute approximate surface area is 130 Å². The van der Waals surface area contributed by atoms with Crippen molar-refractivity contribution in [1.82, 2.24) is 15.1 Å². The van der Waals surface area contributed by atoms with E-state index in [0.717, 1.165) is 30.4 Å². The van der Waals surface area contributed by atoms with E-state index in [1.807, 2.05) is 13.3 Å². The summed E-state index contributed by atoms with van der Waals surface area (Å²) in [5, 5.41) is 8.13. The van der Waals surface area contributed by atoms with E-state index in [-0.39, 0.29) is 5.60 Å². The summed E-state index contributed by atoms with van der Waals surface area (Å²) in [5.41, 5.74) is 1.32. The van der Waals surface area contributed by atoms with Crippen molar-refractivity contribution in [3.8, 4) is 0 Å². The molecule has 4 nitrogen and oxygen atoms in total. The smallest absolute Gasteiger partial charge is 0.0697 e. The Morgan fingerprint density at radius 3 is 2.75 bits per heavy atom. The van der Waals surface area contributed by atoms with Crippen molar-refractivity contribution < 1.29 is 4.74 Å². The van der Waals surface area contributed by atoms with E-state index in [0.29, 0.717) is 6.04 Å². The Bertz CT molecular complexity index is 423. The second-order valence-electron chi connectivity index (χ2n) is 5.65. The summed E-state index contributed by atoms with van der Waals surface area (Å²) in [6, 6.07) is 0.298. The van der Waals surface area contributed by atoms with E-state index in [9.17, 15) is 0 Å². The minimum atomic E-state index is 0.0632. The standard InChI is InChI=1S/C15H26BrN3O/c1-4-9-17-13(10-15(20-3)7-6-8-15)14-12(16)11-18-19(14)5-2/h11,13,17H,4-10H2,1-3H3. The first-order chi connectivity index (χ1) is 9.65. The molecule has 5 heteroatoms. The van der Waals surface area contributed by atoms with Crippen LogP contribution < -0.4 is 5.32 Å². The van der Waals surface area contributed by atoms with Crippen molar-refractivity contribution in [3.63, 3.8) is 0 Å². The van der Waals surface area contributed by atoms with Crippen LogP contribution in [0.15, 0.2) is 10.7 Å². The highest BCUT2D eigenvalue weighted by atomic mass is 79.9. The minimum absolute atomic E-state index is 0.0632. The normalized spacial score (nSPS) is 18.8. The molecule has 2 rings (SSSR count). The molecule has 1 aliphatic carbocycles. The molecule has 0 saturated heterocycles. The number of methoxy groups -OCH3 is 1. The fraction of sp³-hybridized carbons (Fsp3) is 0.800. The van der Waals surface area contributed by atoms with Crippen molar-refractivity contribution in [2.75, 3.05) is 13.7 Å². The van der Waals surface area contributed by atoms with E-state index in [1.54, 1.807) is 0 Å². The molecular weight excluding hydrogens is 318 g/mol. The number of aryl methyl sites for hydroxylation is 1. The molecule has 0 radical (unpaired) electrons. The van der Waals surface area contributed by atoms with Gasteiger partial charge in [0.25, 0.3) is 0 Å². The molecule has 1 N–H and O–H groups in total. The van der Waals surface area contributed by atoms with Gasteiger partial charge < -0.3 is 10.1 Å². The zero-order valence-electron chi connectivity index (χ0n) is 12.8. The van der Waals surface area contributed by atoms with Crippen molar-refractivity contribution >= 4 is 15.9 Å². The van der Waals surface area contributed by atoms with Crippen LogP contribution in [0.1, 0.15) is 57.7 Å². The zero-order chi connectivity index (χ0) is 14.6. The molecule has 1 fully saturated rings. The molecular formula is C15H26BrN3O. The Morgan fingerprint density at radius 1 is 1.50 bits per heavy atom. The number of ether oxygens (including phenoxy) is 1. The van der Waals surface area contributed by atoms with Crippen molar-refractivity contribution in [2.45, 2.75) is 64.1 Å². The van der Waals surface area contributed by atoms with Gasteiger partial charge in [0, 0.05) is 13.7 Å². The molecule has 1 atom stereocenters. The van der Waals surface area contributed by atoms with Crippen LogP contribution in [0.25, 0.3) is 0 Å². The van der Waals surface area contributed by atoms with Gasteiger partial charge >= 0.3 is 0 Å². The van der Waals surface area contributed by atoms with E-state index in [2.05, 4.69) is 44.9 Å². The molecule has 0 spiro atoms. The van der Waals surface area contributed by atoms with Gasteiger partial charge in [-0.2, -0.15) is 5.10 Å². The van der Waals surface area contributed by atoms with Crippen molar-refractivity contribution in [1.29, 1.82) is 0 Å². The summed E-state index contributed by atoms with van der Waals surface area (Å²) in [6.45, 7) is 6.25. The highest BCUT2D eigenvalue weighted by Gasteiger charge is 2.40. The third kappa shape index (κ3) is 3.26. The number of halogens is 1. The van der Waals surface area contributed by atoms with Crippen LogP contribution in [0.4, 0.5) is 0 Å². The average Bonchev–Trinajstić information content (AvgIpc) is 2.79. The molecule has 1 aromatic heterocycles. The topological polar surface area (TPSA) is 39.1 Å². The number of rotatable bonds is 8. The van der Waals surface area contributed by atoms with Gasteiger partial charge in [-0.05, 0) is 61.5 Å². The lowest BCUT2D eigenvalue weighted by Gasteiger charge is -2.43. The predicted octanol–water partition coefficient (Wildman–Crippen LogP) is 3.67.